The SMILES string of the molecule is COC(=O)Nc1ccc(Oc2c(C)cccc2C)c(-c2cn(C)c(=O)cc2OC)c1. The van der Waals surface area contributed by atoms with Gasteiger partial charge in [0, 0.05) is 36.1 Å². The van der Waals surface area contributed by atoms with Gasteiger partial charge in [0.2, 0.25) is 0 Å². The molecule has 0 saturated heterocycles. The summed E-state index contributed by atoms with van der Waals surface area (Å²) in [6, 6.07) is 12.6. The monoisotopic (exact) mass is 408 g/mol. The smallest absolute Gasteiger partial charge is 0.411 e. The van der Waals surface area contributed by atoms with E-state index in [1.807, 2.05) is 32.0 Å². The fraction of sp³-hybridized carbons (Fsp3) is 0.217. The van der Waals surface area contributed by atoms with E-state index in [9.17, 15) is 9.59 Å². The standard InChI is InChI=1S/C23H24N2O5/c1-14-7-6-8-15(2)22(14)30-19-10-9-16(24-23(27)29-5)11-17(19)18-13-25(3)21(26)12-20(18)28-4/h6-13H,1-5H3,(H,24,27). The summed E-state index contributed by atoms with van der Waals surface area (Å²) < 4.78 is 17.9. The number of carbonyl (C=O) groups is 1. The first kappa shape index (κ1) is 21.0. The number of methoxy groups -OCH3 is 2. The van der Waals surface area contributed by atoms with Crippen LogP contribution in [0.25, 0.3) is 11.1 Å². The van der Waals surface area contributed by atoms with Gasteiger partial charge in [0.25, 0.3) is 5.56 Å². The molecule has 3 aromatic rings. The molecule has 0 radical (unpaired) electrons. The van der Waals surface area contributed by atoms with E-state index >= 15 is 0 Å². The van der Waals surface area contributed by atoms with Gasteiger partial charge in [0.1, 0.15) is 17.2 Å². The van der Waals surface area contributed by atoms with Crippen molar-refractivity contribution in [1.29, 1.82) is 0 Å². The molecule has 0 spiro atoms. The second-order valence-corrected chi connectivity index (χ2v) is 6.86. The molecule has 0 atom stereocenters. The Morgan fingerprint density at radius 2 is 1.67 bits per heavy atom. The zero-order chi connectivity index (χ0) is 21.8. The molecule has 1 aromatic heterocycles. The third kappa shape index (κ3) is 4.30. The third-order valence-corrected chi connectivity index (χ3v) is 4.73. The number of nitrogens with zero attached hydrogens (tertiary/aromatic N) is 1. The molecule has 0 aliphatic rings. The van der Waals surface area contributed by atoms with Crippen LogP contribution in [-0.2, 0) is 11.8 Å². The number of carbonyl (C=O) groups excluding carboxylic acids is 1. The minimum atomic E-state index is -0.586. The van der Waals surface area contributed by atoms with Crippen molar-refractivity contribution in [3.05, 3.63) is 70.1 Å². The molecule has 1 amide bonds. The van der Waals surface area contributed by atoms with E-state index in [2.05, 4.69) is 10.1 Å². The second kappa shape index (κ2) is 8.73. The predicted molar refractivity (Wildman–Crippen MR) is 116 cm³/mol. The van der Waals surface area contributed by atoms with E-state index in [1.165, 1.54) is 24.9 Å². The summed E-state index contributed by atoms with van der Waals surface area (Å²) in [5.41, 5.74) is 3.60. The molecule has 1 heterocycles. The van der Waals surface area contributed by atoms with Crippen molar-refractivity contribution >= 4 is 11.8 Å². The number of hydrogen-bond acceptors (Lipinski definition) is 5. The van der Waals surface area contributed by atoms with E-state index in [-0.39, 0.29) is 5.56 Å². The van der Waals surface area contributed by atoms with E-state index < -0.39 is 6.09 Å². The number of hydrogen-bond donors (Lipinski definition) is 1. The van der Waals surface area contributed by atoms with Crippen LogP contribution in [0, 0.1) is 13.8 Å². The fourth-order valence-corrected chi connectivity index (χ4v) is 3.13. The predicted octanol–water partition coefficient (Wildman–Crippen LogP) is 4.65. The topological polar surface area (TPSA) is 78.8 Å². The van der Waals surface area contributed by atoms with Gasteiger partial charge in [0.05, 0.1) is 14.2 Å². The molecule has 0 saturated carbocycles. The molecule has 7 heteroatoms. The Morgan fingerprint density at radius 1 is 0.967 bits per heavy atom. The fourth-order valence-electron chi connectivity index (χ4n) is 3.13. The number of ether oxygens (including phenoxy) is 3. The van der Waals surface area contributed by atoms with Gasteiger partial charge in [-0.3, -0.25) is 10.1 Å². The first-order valence-electron chi connectivity index (χ1n) is 9.32. The number of benzene rings is 2. The highest BCUT2D eigenvalue weighted by Crippen LogP contribution is 2.40. The van der Waals surface area contributed by atoms with Crippen LogP contribution in [0.5, 0.6) is 17.2 Å². The summed E-state index contributed by atoms with van der Waals surface area (Å²) in [7, 11) is 4.46. The Bertz CT molecular complexity index is 1130. The number of amides is 1. The van der Waals surface area contributed by atoms with Crippen molar-refractivity contribution < 1.29 is 19.0 Å². The maximum atomic E-state index is 12.1. The molecule has 3 rings (SSSR count). The van der Waals surface area contributed by atoms with E-state index in [1.54, 1.807) is 31.4 Å². The number of nitrogens with one attached hydrogen (secondary N) is 1. The number of anilines is 1. The lowest BCUT2D eigenvalue weighted by molar-refractivity contribution is 0.187. The van der Waals surface area contributed by atoms with E-state index in [4.69, 9.17) is 9.47 Å². The zero-order valence-corrected chi connectivity index (χ0v) is 17.6. The van der Waals surface area contributed by atoms with Gasteiger partial charge in [-0.25, -0.2) is 4.79 Å². The summed E-state index contributed by atoms with van der Waals surface area (Å²) in [6.45, 7) is 3.95. The van der Waals surface area contributed by atoms with Gasteiger partial charge >= 0.3 is 6.09 Å². The average molecular weight is 408 g/mol. The van der Waals surface area contributed by atoms with Gasteiger partial charge < -0.3 is 18.8 Å². The van der Waals surface area contributed by atoms with Crippen LogP contribution in [0.15, 0.2) is 53.5 Å². The molecule has 0 unspecified atom stereocenters. The van der Waals surface area contributed by atoms with Gasteiger partial charge in [-0.2, -0.15) is 0 Å². The van der Waals surface area contributed by atoms with E-state index in [0.717, 1.165) is 16.9 Å². The van der Waals surface area contributed by atoms with Crippen LogP contribution in [-0.4, -0.2) is 24.9 Å². The Kier molecular flexibility index (Phi) is 6.11. The molecule has 7 nitrogen and oxygen atoms in total. The third-order valence-electron chi connectivity index (χ3n) is 4.73. The van der Waals surface area contributed by atoms with Crippen LogP contribution in [0.1, 0.15) is 11.1 Å². The minimum Gasteiger partial charge on any atom is -0.496 e. The molecule has 1 N–H and O–H groups in total. The molecule has 0 bridgehead atoms. The summed E-state index contributed by atoms with van der Waals surface area (Å²) >= 11 is 0. The minimum absolute atomic E-state index is 0.198. The van der Waals surface area contributed by atoms with Crippen molar-refractivity contribution in [3.63, 3.8) is 0 Å². The number of pyridine rings is 1. The first-order valence-corrected chi connectivity index (χ1v) is 9.32. The van der Waals surface area contributed by atoms with Crippen molar-refractivity contribution in [2.45, 2.75) is 13.8 Å². The van der Waals surface area contributed by atoms with E-state index in [0.29, 0.717) is 28.3 Å². The normalized spacial score (nSPS) is 10.4. The van der Waals surface area contributed by atoms with Gasteiger partial charge in [-0.15, -0.1) is 0 Å². The van der Waals surface area contributed by atoms with Crippen LogP contribution in [0.4, 0.5) is 10.5 Å². The van der Waals surface area contributed by atoms with Crippen LogP contribution >= 0.6 is 0 Å². The van der Waals surface area contributed by atoms with Crippen molar-refractivity contribution in [3.8, 4) is 28.4 Å². The molecular formula is C23H24N2O5. The lowest BCUT2D eigenvalue weighted by Gasteiger charge is -2.18. The number of aryl methyl sites for hydroxylation is 3. The average Bonchev–Trinajstić information content (AvgIpc) is 2.73. The maximum Gasteiger partial charge on any atom is 0.411 e. The lowest BCUT2D eigenvalue weighted by atomic mass is 10.0. The van der Waals surface area contributed by atoms with Crippen molar-refractivity contribution in [2.24, 2.45) is 7.05 Å². The Morgan fingerprint density at radius 3 is 2.30 bits per heavy atom. The molecule has 156 valence electrons. The van der Waals surface area contributed by atoms with Crippen molar-refractivity contribution in [1.82, 2.24) is 4.57 Å². The van der Waals surface area contributed by atoms with Crippen LogP contribution < -0.4 is 20.3 Å². The molecule has 30 heavy (non-hydrogen) atoms. The molecule has 0 aliphatic heterocycles. The Labute approximate surface area is 174 Å². The first-order chi connectivity index (χ1) is 14.3. The highest BCUT2D eigenvalue weighted by Gasteiger charge is 2.17. The van der Waals surface area contributed by atoms with Crippen LogP contribution in [0.2, 0.25) is 0 Å². The number of rotatable bonds is 5. The zero-order valence-electron chi connectivity index (χ0n) is 17.6. The second-order valence-electron chi connectivity index (χ2n) is 6.86. The molecule has 2 aromatic carbocycles. The summed E-state index contributed by atoms with van der Waals surface area (Å²) in [5, 5.41) is 2.65. The number of aromatic nitrogens is 1. The summed E-state index contributed by atoms with van der Waals surface area (Å²) in [6.07, 6.45) is 1.09. The lowest BCUT2D eigenvalue weighted by Crippen LogP contribution is -2.15. The molecular weight excluding hydrogens is 384 g/mol. The Hall–Kier alpha value is -3.74. The molecule has 0 aliphatic carbocycles. The van der Waals surface area contributed by atoms with Gasteiger partial charge in [-0.1, -0.05) is 18.2 Å². The summed E-state index contributed by atoms with van der Waals surface area (Å²) in [4.78, 5) is 23.8. The van der Waals surface area contributed by atoms with Crippen LogP contribution in [0.3, 0.4) is 0 Å². The maximum absolute atomic E-state index is 12.1. The highest BCUT2D eigenvalue weighted by molar-refractivity contribution is 5.87. The van der Waals surface area contributed by atoms with Crippen molar-refractivity contribution in [2.75, 3.05) is 19.5 Å². The van der Waals surface area contributed by atoms with Gasteiger partial charge in [-0.05, 0) is 43.2 Å². The number of para-hydroxylation sites is 1. The Balaban J connectivity index is 2.20. The van der Waals surface area contributed by atoms with Gasteiger partial charge in [0.15, 0.2) is 0 Å². The largest absolute Gasteiger partial charge is 0.496 e. The molecule has 0 fully saturated rings. The summed E-state index contributed by atoms with van der Waals surface area (Å²) in [5.74, 6) is 1.70. The quantitative estimate of drug-likeness (QED) is 0.665. The highest BCUT2D eigenvalue weighted by atomic mass is 16.5.